The summed E-state index contributed by atoms with van der Waals surface area (Å²) in [5.41, 5.74) is 2.47. The second-order valence-electron chi connectivity index (χ2n) is 3.71. The summed E-state index contributed by atoms with van der Waals surface area (Å²) in [7, 11) is 2.02. The van der Waals surface area contributed by atoms with Crippen LogP contribution in [0, 0.1) is 0 Å². The van der Waals surface area contributed by atoms with Crippen LogP contribution in [0.2, 0.25) is 0 Å². The normalized spacial score (nSPS) is 13.1. The fourth-order valence-electron chi connectivity index (χ4n) is 1.32. The Morgan fingerprint density at radius 3 is 2.60 bits per heavy atom. The van der Waals surface area contributed by atoms with Gasteiger partial charge in [0.25, 0.3) is 0 Å². The van der Waals surface area contributed by atoms with Crippen LogP contribution in [0.5, 0.6) is 0 Å². The van der Waals surface area contributed by atoms with Gasteiger partial charge in [-0.2, -0.15) is 16.9 Å². The Bertz CT molecular complexity index is 323. The molecule has 0 N–H and O–H groups in total. The predicted octanol–water partition coefficient (Wildman–Crippen LogP) is 3.78. The van der Waals surface area contributed by atoms with Crippen LogP contribution in [0.4, 0.5) is 0 Å². The molecule has 0 bridgehead atoms. The van der Waals surface area contributed by atoms with Crippen molar-refractivity contribution in [2.45, 2.75) is 44.6 Å². The summed E-state index contributed by atoms with van der Waals surface area (Å²) in [4.78, 5) is 0. The molecule has 0 saturated carbocycles. The van der Waals surface area contributed by atoms with Gasteiger partial charge in [0.1, 0.15) is 0 Å². The third-order valence-electron chi connectivity index (χ3n) is 2.58. The number of halogens is 1. The number of aryl methyl sites for hydroxylation is 2. The fourth-order valence-corrected chi connectivity index (χ4v) is 3.27. The first-order valence-electron chi connectivity index (χ1n) is 5.41. The van der Waals surface area contributed by atoms with Crippen LogP contribution < -0.4 is 0 Å². The molecule has 0 aliphatic heterocycles. The van der Waals surface area contributed by atoms with E-state index in [-0.39, 0.29) is 0 Å². The van der Waals surface area contributed by atoms with E-state index in [2.05, 4.69) is 41.8 Å². The Morgan fingerprint density at radius 2 is 2.13 bits per heavy atom. The van der Waals surface area contributed by atoms with Gasteiger partial charge in [0, 0.05) is 18.1 Å². The van der Waals surface area contributed by atoms with Gasteiger partial charge in [0.05, 0.1) is 15.9 Å². The van der Waals surface area contributed by atoms with Crippen LogP contribution >= 0.6 is 27.7 Å². The molecule has 2 nitrogen and oxygen atoms in total. The predicted molar refractivity (Wildman–Crippen MR) is 71.3 cm³/mol. The summed E-state index contributed by atoms with van der Waals surface area (Å²) < 4.78 is 3.20. The maximum atomic E-state index is 4.49. The molecule has 1 aromatic heterocycles. The summed E-state index contributed by atoms with van der Waals surface area (Å²) in [5.74, 6) is 1.04. The summed E-state index contributed by atoms with van der Waals surface area (Å²) in [6.07, 6.45) is 2.21. The highest BCUT2D eigenvalue weighted by molar-refractivity contribution is 9.10. The molecule has 0 aromatic carbocycles. The molecule has 1 heterocycles. The van der Waals surface area contributed by atoms with Crippen molar-refractivity contribution in [3.05, 3.63) is 15.9 Å². The molecule has 15 heavy (non-hydrogen) atoms. The van der Waals surface area contributed by atoms with E-state index in [9.17, 15) is 0 Å². The Balaban J connectivity index is 2.72. The van der Waals surface area contributed by atoms with Crippen molar-refractivity contribution in [3.63, 3.8) is 0 Å². The van der Waals surface area contributed by atoms with Crippen molar-refractivity contribution in [2.75, 3.05) is 0 Å². The molecule has 0 radical (unpaired) electrons. The number of aromatic nitrogens is 2. The highest BCUT2D eigenvalue weighted by Crippen LogP contribution is 2.27. The Hall–Kier alpha value is 0.0400. The zero-order chi connectivity index (χ0) is 11.4. The van der Waals surface area contributed by atoms with Gasteiger partial charge in [0.2, 0.25) is 0 Å². The van der Waals surface area contributed by atoms with Gasteiger partial charge in [-0.1, -0.05) is 20.8 Å². The molecule has 0 amide bonds. The number of hydrogen-bond acceptors (Lipinski definition) is 2. The molecule has 86 valence electrons. The van der Waals surface area contributed by atoms with E-state index in [1.165, 1.54) is 16.6 Å². The number of hydrogen-bond donors (Lipinski definition) is 0. The van der Waals surface area contributed by atoms with Crippen LogP contribution in [-0.4, -0.2) is 15.0 Å². The number of thioether (sulfide) groups is 1. The molecule has 1 atom stereocenters. The van der Waals surface area contributed by atoms with Gasteiger partial charge in [-0.15, -0.1) is 0 Å². The first kappa shape index (κ1) is 13.1. The van der Waals surface area contributed by atoms with E-state index in [0.717, 1.165) is 23.1 Å². The van der Waals surface area contributed by atoms with E-state index in [1.807, 2.05) is 23.5 Å². The van der Waals surface area contributed by atoms with Crippen molar-refractivity contribution in [1.29, 1.82) is 0 Å². The molecule has 0 spiro atoms. The average molecular weight is 291 g/mol. The zero-order valence-electron chi connectivity index (χ0n) is 9.88. The van der Waals surface area contributed by atoms with Gasteiger partial charge in [0.15, 0.2) is 0 Å². The van der Waals surface area contributed by atoms with E-state index >= 15 is 0 Å². The van der Waals surface area contributed by atoms with Crippen LogP contribution in [-0.2, 0) is 19.2 Å². The number of nitrogens with zero attached hydrogens (tertiary/aromatic N) is 2. The lowest BCUT2D eigenvalue weighted by Gasteiger charge is -2.08. The summed E-state index contributed by atoms with van der Waals surface area (Å²) in [6.45, 7) is 6.64. The van der Waals surface area contributed by atoms with E-state index in [4.69, 9.17) is 0 Å². The lowest BCUT2D eigenvalue weighted by Crippen LogP contribution is -2.00. The molecular formula is C11H19BrN2S. The topological polar surface area (TPSA) is 17.8 Å². The molecule has 0 aliphatic carbocycles. The van der Waals surface area contributed by atoms with Crippen LogP contribution in [0.1, 0.15) is 38.6 Å². The minimum Gasteiger partial charge on any atom is -0.270 e. The van der Waals surface area contributed by atoms with Crippen molar-refractivity contribution < 1.29 is 0 Å². The highest BCUT2D eigenvalue weighted by Gasteiger charge is 2.13. The minimum absolute atomic E-state index is 0.719. The van der Waals surface area contributed by atoms with Gasteiger partial charge in [-0.05, 0) is 28.8 Å². The van der Waals surface area contributed by atoms with Gasteiger partial charge in [-0.25, -0.2) is 0 Å². The number of rotatable bonds is 5. The second-order valence-corrected chi connectivity index (χ2v) is 5.93. The highest BCUT2D eigenvalue weighted by atomic mass is 79.9. The summed E-state index contributed by atoms with van der Waals surface area (Å²) in [5, 5.41) is 5.21. The molecule has 4 heteroatoms. The second kappa shape index (κ2) is 5.94. The Morgan fingerprint density at radius 1 is 1.47 bits per heavy atom. The lowest BCUT2D eigenvalue weighted by molar-refractivity contribution is 0.719. The van der Waals surface area contributed by atoms with E-state index in [1.54, 1.807) is 0 Å². The molecule has 0 fully saturated rings. The van der Waals surface area contributed by atoms with Crippen molar-refractivity contribution in [3.8, 4) is 0 Å². The minimum atomic E-state index is 0.719. The van der Waals surface area contributed by atoms with Crippen molar-refractivity contribution >= 4 is 27.7 Å². The molecule has 0 aliphatic rings. The van der Waals surface area contributed by atoms with E-state index < -0.39 is 0 Å². The Labute approximate surface area is 105 Å². The molecular weight excluding hydrogens is 272 g/mol. The Kier molecular flexibility index (Phi) is 5.19. The smallest absolute Gasteiger partial charge is 0.0767 e. The van der Waals surface area contributed by atoms with Crippen molar-refractivity contribution in [2.24, 2.45) is 7.05 Å². The fraction of sp³-hybridized carbons (Fsp3) is 0.727. The van der Waals surface area contributed by atoms with Crippen LogP contribution in [0.3, 0.4) is 0 Å². The lowest BCUT2D eigenvalue weighted by atomic mass is 10.3. The van der Waals surface area contributed by atoms with Crippen LogP contribution in [0.15, 0.2) is 4.47 Å². The van der Waals surface area contributed by atoms with Crippen molar-refractivity contribution in [1.82, 2.24) is 9.78 Å². The SMILES string of the molecule is CCc1nn(C)c(CSC(C)CC)c1Br. The molecule has 0 saturated heterocycles. The first-order valence-corrected chi connectivity index (χ1v) is 7.26. The monoisotopic (exact) mass is 290 g/mol. The van der Waals surface area contributed by atoms with Crippen LogP contribution in [0.25, 0.3) is 0 Å². The standard InChI is InChI=1S/C11H19BrN2S/c1-5-8(3)15-7-10-11(12)9(6-2)13-14(10)4/h8H,5-7H2,1-4H3. The summed E-state index contributed by atoms with van der Waals surface area (Å²) >= 11 is 5.63. The van der Waals surface area contributed by atoms with Gasteiger partial charge < -0.3 is 0 Å². The third-order valence-corrected chi connectivity index (χ3v) is 4.84. The largest absolute Gasteiger partial charge is 0.270 e. The first-order chi connectivity index (χ1) is 7.10. The molecule has 1 rings (SSSR count). The van der Waals surface area contributed by atoms with Gasteiger partial charge >= 0.3 is 0 Å². The molecule has 1 unspecified atom stereocenters. The maximum absolute atomic E-state index is 4.49. The average Bonchev–Trinajstić information content (AvgIpc) is 2.51. The summed E-state index contributed by atoms with van der Waals surface area (Å²) in [6, 6.07) is 0. The zero-order valence-corrected chi connectivity index (χ0v) is 12.3. The third kappa shape index (κ3) is 3.25. The van der Waals surface area contributed by atoms with Gasteiger partial charge in [-0.3, -0.25) is 4.68 Å². The maximum Gasteiger partial charge on any atom is 0.0767 e. The quantitative estimate of drug-likeness (QED) is 0.821. The van der Waals surface area contributed by atoms with E-state index in [0.29, 0.717) is 0 Å². The molecule has 1 aromatic rings.